The SMILES string of the molecule is COc1cc(/C=N\N2C(=O)[C@@H]3[C@@H]4C=C[C@H]([C@@H]5C[C@H]45)[C@@H]3C2=O)c([N+](=O)[O-])cc1OC. The van der Waals surface area contributed by atoms with Crippen LogP contribution in [0.1, 0.15) is 12.0 Å². The van der Waals surface area contributed by atoms with Crippen molar-refractivity contribution in [1.82, 2.24) is 5.01 Å². The van der Waals surface area contributed by atoms with Crippen LogP contribution >= 0.6 is 0 Å². The van der Waals surface area contributed by atoms with Gasteiger partial charge in [-0.3, -0.25) is 19.7 Å². The maximum Gasteiger partial charge on any atom is 0.282 e. The number of carbonyl (C=O) groups is 2. The third-order valence-electron chi connectivity index (χ3n) is 6.68. The Morgan fingerprint density at radius 2 is 1.62 bits per heavy atom. The summed E-state index contributed by atoms with van der Waals surface area (Å²) in [6, 6.07) is 2.63. The molecule has 9 heteroatoms. The summed E-state index contributed by atoms with van der Waals surface area (Å²) in [7, 11) is 2.79. The van der Waals surface area contributed by atoms with Crippen LogP contribution in [0.5, 0.6) is 11.5 Å². The predicted octanol–water partition coefficient (Wildman–Crippen LogP) is 2.00. The molecule has 1 heterocycles. The maximum absolute atomic E-state index is 12.9. The van der Waals surface area contributed by atoms with E-state index in [1.165, 1.54) is 32.6 Å². The molecule has 0 radical (unpaired) electrons. The second-order valence-corrected chi connectivity index (χ2v) is 7.91. The van der Waals surface area contributed by atoms with Gasteiger partial charge in [0.05, 0.1) is 48.8 Å². The van der Waals surface area contributed by atoms with E-state index in [1.807, 2.05) is 0 Å². The van der Waals surface area contributed by atoms with Crippen LogP contribution in [0.15, 0.2) is 29.4 Å². The number of nitro benzene ring substituents is 1. The average molecular weight is 397 g/mol. The number of benzene rings is 1. The molecule has 6 rings (SSSR count). The van der Waals surface area contributed by atoms with Gasteiger partial charge in [-0.1, -0.05) is 12.2 Å². The molecule has 0 aromatic heterocycles. The predicted molar refractivity (Wildman–Crippen MR) is 100 cm³/mol. The van der Waals surface area contributed by atoms with Gasteiger partial charge in [0.2, 0.25) is 0 Å². The minimum atomic E-state index is -0.575. The molecular formula is C20H19N3O6. The highest BCUT2D eigenvalue weighted by atomic mass is 16.6. The summed E-state index contributed by atoms with van der Waals surface area (Å²) in [5.74, 6) is 0.333. The molecule has 5 aliphatic rings. The molecule has 2 saturated carbocycles. The highest BCUT2D eigenvalue weighted by Gasteiger charge is 2.67. The van der Waals surface area contributed by atoms with Crippen molar-refractivity contribution in [1.29, 1.82) is 0 Å². The number of methoxy groups -OCH3 is 2. The van der Waals surface area contributed by atoms with Crippen molar-refractivity contribution in [3.63, 3.8) is 0 Å². The van der Waals surface area contributed by atoms with Gasteiger partial charge in [-0.25, -0.2) is 0 Å². The van der Waals surface area contributed by atoms with Gasteiger partial charge >= 0.3 is 0 Å². The van der Waals surface area contributed by atoms with Gasteiger partial charge in [-0.05, 0) is 36.2 Å². The molecule has 9 nitrogen and oxygen atoms in total. The lowest BCUT2D eigenvalue weighted by molar-refractivity contribution is -0.385. The Hall–Kier alpha value is -3.23. The van der Waals surface area contributed by atoms with E-state index in [0.29, 0.717) is 11.8 Å². The first-order chi connectivity index (χ1) is 14.0. The van der Waals surface area contributed by atoms with Crippen LogP contribution in [0.2, 0.25) is 0 Å². The van der Waals surface area contributed by atoms with Gasteiger partial charge < -0.3 is 9.47 Å². The lowest BCUT2D eigenvalue weighted by Gasteiger charge is -2.37. The first-order valence-electron chi connectivity index (χ1n) is 9.46. The second-order valence-electron chi connectivity index (χ2n) is 7.91. The van der Waals surface area contributed by atoms with Crippen LogP contribution in [0.25, 0.3) is 0 Å². The second kappa shape index (κ2) is 6.13. The summed E-state index contributed by atoms with van der Waals surface area (Å²) in [4.78, 5) is 36.8. The Kier molecular flexibility index (Phi) is 3.77. The molecule has 2 bridgehead atoms. The zero-order valence-electron chi connectivity index (χ0n) is 15.8. The fourth-order valence-corrected chi connectivity index (χ4v) is 5.32. The van der Waals surface area contributed by atoms with Crippen molar-refractivity contribution in [2.24, 2.45) is 40.6 Å². The van der Waals surface area contributed by atoms with Crippen molar-refractivity contribution in [3.05, 3.63) is 40.0 Å². The lowest BCUT2D eigenvalue weighted by atomic mass is 9.63. The lowest BCUT2D eigenvalue weighted by Crippen LogP contribution is -2.40. The molecule has 1 aliphatic heterocycles. The molecule has 3 fully saturated rings. The van der Waals surface area contributed by atoms with E-state index in [0.717, 1.165) is 11.4 Å². The van der Waals surface area contributed by atoms with Crippen LogP contribution < -0.4 is 9.47 Å². The molecule has 0 unspecified atom stereocenters. The topological polar surface area (TPSA) is 111 Å². The number of allylic oxidation sites excluding steroid dienone is 2. The van der Waals surface area contributed by atoms with E-state index in [1.54, 1.807) is 0 Å². The Labute approximate surface area is 166 Å². The van der Waals surface area contributed by atoms with Crippen molar-refractivity contribution in [2.75, 3.05) is 14.2 Å². The number of nitrogens with zero attached hydrogens (tertiary/aromatic N) is 3. The highest BCUT2D eigenvalue weighted by molar-refractivity contribution is 6.06. The van der Waals surface area contributed by atoms with Crippen LogP contribution in [0.3, 0.4) is 0 Å². The molecule has 29 heavy (non-hydrogen) atoms. The quantitative estimate of drug-likeness (QED) is 0.247. The third-order valence-corrected chi connectivity index (χ3v) is 6.68. The summed E-state index contributed by atoms with van der Waals surface area (Å²) in [5, 5.41) is 16.4. The summed E-state index contributed by atoms with van der Waals surface area (Å²) >= 11 is 0. The van der Waals surface area contributed by atoms with Crippen LogP contribution in [-0.4, -0.2) is 42.2 Å². The van der Waals surface area contributed by atoms with E-state index < -0.39 is 4.92 Å². The average Bonchev–Trinajstić information content (AvgIpc) is 3.50. The van der Waals surface area contributed by atoms with Gasteiger partial charge in [-0.2, -0.15) is 10.1 Å². The van der Waals surface area contributed by atoms with E-state index in [-0.39, 0.29) is 58.2 Å². The van der Waals surface area contributed by atoms with Gasteiger partial charge in [0.15, 0.2) is 11.5 Å². The molecule has 2 amide bonds. The number of amides is 2. The van der Waals surface area contributed by atoms with Gasteiger partial charge in [0, 0.05) is 0 Å². The number of rotatable bonds is 5. The van der Waals surface area contributed by atoms with E-state index >= 15 is 0 Å². The van der Waals surface area contributed by atoms with Gasteiger partial charge in [0.25, 0.3) is 17.5 Å². The van der Waals surface area contributed by atoms with E-state index in [2.05, 4.69) is 17.3 Å². The minimum Gasteiger partial charge on any atom is -0.493 e. The summed E-state index contributed by atoms with van der Waals surface area (Å²) in [6.07, 6.45) is 6.41. The van der Waals surface area contributed by atoms with Crippen molar-refractivity contribution >= 4 is 23.7 Å². The van der Waals surface area contributed by atoms with Crippen LogP contribution in [-0.2, 0) is 9.59 Å². The number of imide groups is 1. The van der Waals surface area contributed by atoms with Gasteiger partial charge in [0.1, 0.15) is 0 Å². The molecule has 1 aromatic carbocycles. The van der Waals surface area contributed by atoms with Crippen molar-refractivity contribution < 1.29 is 24.0 Å². The van der Waals surface area contributed by atoms with Crippen molar-refractivity contribution in [2.45, 2.75) is 6.42 Å². The van der Waals surface area contributed by atoms with Gasteiger partial charge in [-0.15, -0.1) is 0 Å². The first kappa shape index (κ1) is 17.8. The van der Waals surface area contributed by atoms with Crippen LogP contribution in [0.4, 0.5) is 5.69 Å². The Bertz CT molecular complexity index is 966. The van der Waals surface area contributed by atoms with Crippen LogP contribution in [0, 0.1) is 45.6 Å². The fraction of sp³-hybridized carbons (Fsp3) is 0.450. The highest BCUT2D eigenvalue weighted by Crippen LogP contribution is 2.65. The number of hydrogen-bond acceptors (Lipinski definition) is 7. The Balaban J connectivity index is 1.48. The summed E-state index contributed by atoms with van der Waals surface area (Å²) < 4.78 is 10.3. The first-order valence-corrected chi connectivity index (χ1v) is 9.46. The maximum atomic E-state index is 12.9. The molecule has 1 saturated heterocycles. The zero-order chi connectivity index (χ0) is 20.4. The standard InChI is InChI=1S/C20H19N3O6/c1-28-15-5-9(14(23(26)27)7-16(15)29-2)8-21-22-19(24)17-10-3-4-11(13-6-12(10)13)18(17)20(22)25/h3-5,7-8,10-13,17-18H,6H2,1-2H3/b21-8-/t10-,11-,12-,13+,17-,18+/m1/s1. The molecular weight excluding hydrogens is 378 g/mol. The molecule has 6 atom stereocenters. The fourth-order valence-electron chi connectivity index (χ4n) is 5.32. The normalized spacial score (nSPS) is 33.8. The molecule has 0 N–H and O–H groups in total. The zero-order valence-corrected chi connectivity index (χ0v) is 15.8. The smallest absolute Gasteiger partial charge is 0.282 e. The van der Waals surface area contributed by atoms with E-state index in [9.17, 15) is 19.7 Å². The summed E-state index contributed by atoms with van der Waals surface area (Å²) in [6.45, 7) is 0. The number of carbonyl (C=O) groups excluding carboxylic acids is 2. The molecule has 4 aliphatic carbocycles. The Morgan fingerprint density at radius 1 is 1.07 bits per heavy atom. The minimum absolute atomic E-state index is 0.0991. The molecule has 0 spiro atoms. The number of hydrogen-bond donors (Lipinski definition) is 0. The van der Waals surface area contributed by atoms with Crippen molar-refractivity contribution in [3.8, 4) is 11.5 Å². The monoisotopic (exact) mass is 397 g/mol. The Morgan fingerprint density at radius 3 is 2.14 bits per heavy atom. The molecule has 150 valence electrons. The largest absolute Gasteiger partial charge is 0.493 e. The van der Waals surface area contributed by atoms with E-state index in [4.69, 9.17) is 9.47 Å². The number of nitro groups is 1. The third kappa shape index (κ3) is 2.43. The summed E-state index contributed by atoms with van der Waals surface area (Å²) in [5.41, 5.74) is -0.141. The number of hydrazone groups is 1. The molecule has 1 aromatic rings. The number of ether oxygens (including phenoxy) is 2.